The molecule has 1 aliphatic carbocycles. The summed E-state index contributed by atoms with van der Waals surface area (Å²) in [4.78, 5) is 0.422. The topological polar surface area (TPSA) is 43.4 Å². The molecule has 26 heavy (non-hydrogen) atoms. The van der Waals surface area contributed by atoms with Gasteiger partial charge in [-0.05, 0) is 78.2 Å². The van der Waals surface area contributed by atoms with Gasteiger partial charge in [-0.15, -0.1) is 0 Å². The lowest BCUT2D eigenvalue weighted by Gasteiger charge is -2.18. The van der Waals surface area contributed by atoms with Crippen molar-refractivity contribution in [3.63, 3.8) is 0 Å². The maximum absolute atomic E-state index is 13.1. The zero-order valence-electron chi connectivity index (χ0n) is 15.0. The maximum atomic E-state index is 13.1. The van der Waals surface area contributed by atoms with E-state index in [4.69, 9.17) is 4.74 Å². The van der Waals surface area contributed by atoms with E-state index in [1.54, 1.807) is 6.07 Å². The van der Waals surface area contributed by atoms with Crippen LogP contribution in [-0.4, -0.2) is 19.8 Å². The van der Waals surface area contributed by atoms with Gasteiger partial charge >= 0.3 is 0 Å². The number of hydrogen-bond acceptors (Lipinski definition) is 3. The van der Waals surface area contributed by atoms with Crippen molar-refractivity contribution in [2.24, 2.45) is 0 Å². The number of hydrogen-bond donors (Lipinski definition) is 0. The minimum Gasteiger partial charge on any atom is -0.374 e. The fraction of sp³-hybridized carbons (Fsp3) is 0.429. The summed E-state index contributed by atoms with van der Waals surface area (Å²) in [6, 6.07) is 15.6. The lowest BCUT2D eigenvalue weighted by Crippen LogP contribution is -2.22. The molecule has 1 fully saturated rings. The van der Waals surface area contributed by atoms with Crippen molar-refractivity contribution in [2.45, 2.75) is 61.9 Å². The molecule has 0 N–H and O–H groups in total. The average molecular weight is 437 g/mol. The van der Waals surface area contributed by atoms with Crippen LogP contribution in [-0.2, 0) is 21.2 Å². The van der Waals surface area contributed by atoms with Gasteiger partial charge < -0.3 is 4.74 Å². The van der Waals surface area contributed by atoms with Gasteiger partial charge in [-0.3, -0.25) is 0 Å². The third-order valence-corrected chi connectivity index (χ3v) is 8.28. The predicted octanol–water partition coefficient (Wildman–Crippen LogP) is 5.45. The first kappa shape index (κ1) is 19.6. The third-order valence-electron chi connectivity index (χ3n) is 5.02. The molecule has 5 heteroatoms. The van der Waals surface area contributed by atoms with E-state index in [0.29, 0.717) is 28.8 Å². The Morgan fingerprint density at radius 1 is 1.04 bits per heavy atom. The van der Waals surface area contributed by atoms with E-state index in [1.807, 2.05) is 37.3 Å². The Labute approximate surface area is 164 Å². The van der Waals surface area contributed by atoms with Gasteiger partial charge in [-0.1, -0.05) is 36.4 Å². The molecule has 2 atom stereocenters. The van der Waals surface area contributed by atoms with E-state index in [-0.39, 0.29) is 11.4 Å². The Kier molecular flexibility index (Phi) is 6.54. The Balaban J connectivity index is 1.65. The van der Waals surface area contributed by atoms with Gasteiger partial charge in [0.25, 0.3) is 0 Å². The van der Waals surface area contributed by atoms with Gasteiger partial charge in [-0.25, -0.2) is 8.42 Å². The molecule has 2 unspecified atom stereocenters. The molecular weight excluding hydrogens is 412 g/mol. The Hall–Kier alpha value is -1.17. The molecule has 2 aromatic carbocycles. The number of benzene rings is 2. The quantitative estimate of drug-likeness (QED) is 0.585. The van der Waals surface area contributed by atoms with Crippen molar-refractivity contribution in [1.29, 1.82) is 0 Å². The summed E-state index contributed by atoms with van der Waals surface area (Å²) in [6.45, 7) is 2.51. The van der Waals surface area contributed by atoms with E-state index >= 15 is 0 Å². The molecule has 3 rings (SSSR count). The standard InChI is InChI=1S/C21H25BrO3S/c1-16-10-13-20(22)21(14-16)26(23,24)19-9-5-8-18(11-12-19)25-15-17-6-3-2-4-7-17/h2-4,6-7,10,13-14,18-19H,5,8-9,11-12,15H2,1H3. The predicted molar refractivity (Wildman–Crippen MR) is 108 cm³/mol. The summed E-state index contributed by atoms with van der Waals surface area (Å²) in [5.41, 5.74) is 2.12. The van der Waals surface area contributed by atoms with Gasteiger partial charge in [0.1, 0.15) is 0 Å². The van der Waals surface area contributed by atoms with Crippen LogP contribution in [0.3, 0.4) is 0 Å². The summed E-state index contributed by atoms with van der Waals surface area (Å²) < 4.78 is 33.0. The van der Waals surface area contributed by atoms with E-state index in [9.17, 15) is 8.42 Å². The van der Waals surface area contributed by atoms with Crippen LogP contribution in [0.2, 0.25) is 0 Å². The minimum atomic E-state index is -3.33. The lowest BCUT2D eigenvalue weighted by atomic mass is 10.1. The van der Waals surface area contributed by atoms with Crippen molar-refractivity contribution < 1.29 is 13.2 Å². The normalized spacial score (nSPS) is 21.3. The third kappa shape index (κ3) is 4.76. The highest BCUT2D eigenvalue weighted by molar-refractivity contribution is 9.10. The first-order chi connectivity index (χ1) is 12.5. The van der Waals surface area contributed by atoms with Crippen molar-refractivity contribution in [1.82, 2.24) is 0 Å². The molecule has 0 saturated heterocycles. The van der Waals surface area contributed by atoms with Gasteiger partial charge in [0, 0.05) is 4.47 Å². The minimum absolute atomic E-state index is 0.136. The highest BCUT2D eigenvalue weighted by atomic mass is 79.9. The largest absolute Gasteiger partial charge is 0.374 e. The molecule has 0 spiro atoms. The molecule has 0 radical (unpaired) electrons. The molecule has 1 saturated carbocycles. The zero-order valence-corrected chi connectivity index (χ0v) is 17.4. The van der Waals surface area contributed by atoms with Crippen molar-refractivity contribution in [2.75, 3.05) is 0 Å². The molecular formula is C21H25BrO3S. The molecule has 0 amide bonds. The van der Waals surface area contributed by atoms with Crippen molar-refractivity contribution >= 4 is 25.8 Å². The summed E-state index contributed by atoms with van der Waals surface area (Å²) in [5, 5.41) is -0.328. The second-order valence-corrected chi connectivity index (χ2v) is 10.1. The van der Waals surface area contributed by atoms with Gasteiger partial charge in [0.15, 0.2) is 9.84 Å². The Morgan fingerprint density at radius 2 is 1.81 bits per heavy atom. The van der Waals surface area contributed by atoms with E-state index in [0.717, 1.165) is 30.4 Å². The molecule has 0 bridgehead atoms. The summed E-state index contributed by atoms with van der Waals surface area (Å²) in [7, 11) is -3.33. The van der Waals surface area contributed by atoms with Gasteiger partial charge in [0.2, 0.25) is 0 Å². The van der Waals surface area contributed by atoms with Crippen LogP contribution in [0.25, 0.3) is 0 Å². The van der Waals surface area contributed by atoms with Crippen LogP contribution in [0.1, 0.15) is 43.2 Å². The first-order valence-electron chi connectivity index (χ1n) is 9.12. The zero-order chi connectivity index (χ0) is 18.6. The molecule has 140 valence electrons. The maximum Gasteiger partial charge on any atom is 0.182 e. The number of ether oxygens (including phenoxy) is 1. The second-order valence-electron chi connectivity index (χ2n) is 7.03. The number of rotatable bonds is 5. The number of halogens is 1. The molecule has 1 aliphatic rings. The van der Waals surface area contributed by atoms with E-state index in [2.05, 4.69) is 28.1 Å². The smallest absolute Gasteiger partial charge is 0.182 e. The fourth-order valence-corrected chi connectivity index (χ4v) is 6.40. The van der Waals surface area contributed by atoms with E-state index < -0.39 is 9.84 Å². The lowest BCUT2D eigenvalue weighted by molar-refractivity contribution is 0.0310. The highest BCUT2D eigenvalue weighted by Crippen LogP contribution is 2.33. The molecule has 0 heterocycles. The van der Waals surface area contributed by atoms with Crippen LogP contribution in [0.4, 0.5) is 0 Å². The average Bonchev–Trinajstić information content (AvgIpc) is 2.89. The van der Waals surface area contributed by atoms with Gasteiger partial charge in [0.05, 0.1) is 22.9 Å². The molecule has 2 aromatic rings. The van der Waals surface area contributed by atoms with Crippen LogP contribution in [0, 0.1) is 6.92 Å². The Bertz CT molecular complexity index is 834. The fourth-order valence-electron chi connectivity index (χ4n) is 3.51. The van der Waals surface area contributed by atoms with Crippen LogP contribution in [0.5, 0.6) is 0 Å². The molecule has 0 aliphatic heterocycles. The molecule has 3 nitrogen and oxygen atoms in total. The number of sulfone groups is 1. The summed E-state index contributed by atoms with van der Waals surface area (Å²) in [5.74, 6) is 0. The molecule has 0 aromatic heterocycles. The van der Waals surface area contributed by atoms with Crippen molar-refractivity contribution in [3.8, 4) is 0 Å². The van der Waals surface area contributed by atoms with Crippen molar-refractivity contribution in [3.05, 3.63) is 64.1 Å². The van der Waals surface area contributed by atoms with Crippen LogP contribution >= 0.6 is 15.9 Å². The summed E-state index contributed by atoms with van der Waals surface area (Å²) in [6.07, 6.45) is 4.09. The van der Waals surface area contributed by atoms with E-state index in [1.165, 1.54) is 0 Å². The first-order valence-corrected chi connectivity index (χ1v) is 11.5. The van der Waals surface area contributed by atoms with Gasteiger partial charge in [-0.2, -0.15) is 0 Å². The van der Waals surface area contributed by atoms with Crippen LogP contribution in [0.15, 0.2) is 57.9 Å². The SMILES string of the molecule is Cc1ccc(Br)c(S(=O)(=O)C2CCCC(OCc3ccccc3)CC2)c1. The second kappa shape index (κ2) is 8.68. The monoisotopic (exact) mass is 436 g/mol. The summed E-state index contributed by atoms with van der Waals surface area (Å²) >= 11 is 3.41. The highest BCUT2D eigenvalue weighted by Gasteiger charge is 2.31. The van der Waals surface area contributed by atoms with Crippen LogP contribution < -0.4 is 0 Å². The number of aryl methyl sites for hydroxylation is 1. The Morgan fingerprint density at radius 3 is 2.58 bits per heavy atom.